The van der Waals surface area contributed by atoms with Crippen LogP contribution in [0.25, 0.3) is 0 Å². The highest BCUT2D eigenvalue weighted by Gasteiger charge is 2.24. The van der Waals surface area contributed by atoms with Crippen LogP contribution in [-0.4, -0.2) is 20.9 Å². The van der Waals surface area contributed by atoms with Crippen molar-refractivity contribution in [2.24, 2.45) is 0 Å². The van der Waals surface area contributed by atoms with Crippen LogP contribution in [-0.2, 0) is 14.8 Å². The van der Waals surface area contributed by atoms with Crippen molar-refractivity contribution in [3.05, 3.63) is 60.2 Å². The number of carboxylic acids is 1. The van der Waals surface area contributed by atoms with E-state index in [1.807, 2.05) is 6.92 Å². The molecular formula is C16H16NO4S-. The molecule has 0 N–H and O–H groups in total. The molecule has 116 valence electrons. The van der Waals surface area contributed by atoms with Gasteiger partial charge in [-0.05, 0) is 31.2 Å². The van der Waals surface area contributed by atoms with Crippen LogP contribution in [0.3, 0.4) is 0 Å². The van der Waals surface area contributed by atoms with Crippen LogP contribution >= 0.6 is 0 Å². The van der Waals surface area contributed by atoms with E-state index in [9.17, 15) is 18.3 Å². The molecule has 0 saturated heterocycles. The standard InChI is InChI=1S/C16H17NO4S/c1-13-7-9-15(10-8-13)22(20,21)17(12-11-16(18)19)14-5-3-2-4-6-14/h2-10H,11-12H2,1H3,(H,18,19)/p-1. The van der Waals surface area contributed by atoms with Crippen molar-refractivity contribution >= 4 is 21.7 Å². The van der Waals surface area contributed by atoms with Gasteiger partial charge in [-0.15, -0.1) is 0 Å². The van der Waals surface area contributed by atoms with Crippen molar-refractivity contribution in [1.82, 2.24) is 0 Å². The number of benzene rings is 2. The number of aryl methyl sites for hydroxylation is 1. The van der Waals surface area contributed by atoms with E-state index in [-0.39, 0.29) is 17.9 Å². The SMILES string of the molecule is Cc1ccc(S(=O)(=O)N(CCC(=O)[O-])c2ccccc2)cc1. The summed E-state index contributed by atoms with van der Waals surface area (Å²) in [7, 11) is -3.82. The fourth-order valence-electron chi connectivity index (χ4n) is 2.01. The molecule has 0 aliphatic heterocycles. The number of carbonyl (C=O) groups is 1. The molecule has 0 amide bonds. The molecular weight excluding hydrogens is 302 g/mol. The first-order chi connectivity index (χ1) is 10.4. The summed E-state index contributed by atoms with van der Waals surface area (Å²) in [6.45, 7) is 1.68. The van der Waals surface area contributed by atoms with Gasteiger partial charge in [0.1, 0.15) is 0 Å². The number of hydrogen-bond acceptors (Lipinski definition) is 4. The number of rotatable bonds is 6. The molecule has 0 spiro atoms. The Morgan fingerprint density at radius 1 is 1.05 bits per heavy atom. The molecule has 0 heterocycles. The minimum atomic E-state index is -3.82. The molecule has 0 saturated carbocycles. The van der Waals surface area contributed by atoms with Crippen LogP contribution < -0.4 is 9.41 Å². The lowest BCUT2D eigenvalue weighted by atomic mass is 10.2. The van der Waals surface area contributed by atoms with Gasteiger partial charge in [0.25, 0.3) is 10.0 Å². The summed E-state index contributed by atoms with van der Waals surface area (Å²) in [6, 6.07) is 14.8. The van der Waals surface area contributed by atoms with Gasteiger partial charge in [-0.3, -0.25) is 4.31 Å². The second kappa shape index (κ2) is 6.62. The number of anilines is 1. The molecule has 0 atom stereocenters. The van der Waals surface area contributed by atoms with Crippen LogP contribution in [0.2, 0.25) is 0 Å². The normalized spacial score (nSPS) is 11.1. The van der Waals surface area contributed by atoms with Crippen molar-refractivity contribution in [2.45, 2.75) is 18.2 Å². The van der Waals surface area contributed by atoms with Crippen LogP contribution in [0.1, 0.15) is 12.0 Å². The lowest BCUT2D eigenvalue weighted by molar-refractivity contribution is -0.305. The van der Waals surface area contributed by atoms with E-state index in [1.165, 1.54) is 12.1 Å². The summed E-state index contributed by atoms with van der Waals surface area (Å²) >= 11 is 0. The maximum atomic E-state index is 12.8. The van der Waals surface area contributed by atoms with Gasteiger partial charge < -0.3 is 9.90 Å². The third-order valence-corrected chi connectivity index (χ3v) is 5.01. The van der Waals surface area contributed by atoms with E-state index in [2.05, 4.69) is 0 Å². The number of carbonyl (C=O) groups excluding carboxylic acids is 1. The molecule has 0 radical (unpaired) electrons. The van der Waals surface area contributed by atoms with E-state index >= 15 is 0 Å². The fraction of sp³-hybridized carbons (Fsp3) is 0.188. The van der Waals surface area contributed by atoms with E-state index in [4.69, 9.17) is 0 Å². The van der Waals surface area contributed by atoms with Crippen molar-refractivity contribution in [1.29, 1.82) is 0 Å². The van der Waals surface area contributed by atoms with Gasteiger partial charge in [0.2, 0.25) is 0 Å². The highest BCUT2D eigenvalue weighted by atomic mass is 32.2. The van der Waals surface area contributed by atoms with E-state index in [0.29, 0.717) is 5.69 Å². The Bertz CT molecular complexity index is 739. The maximum absolute atomic E-state index is 12.8. The number of sulfonamides is 1. The summed E-state index contributed by atoms with van der Waals surface area (Å²) in [5.41, 5.74) is 1.37. The summed E-state index contributed by atoms with van der Waals surface area (Å²) in [4.78, 5) is 10.8. The first-order valence-corrected chi connectivity index (χ1v) is 8.19. The molecule has 5 nitrogen and oxygen atoms in total. The molecule has 2 rings (SSSR count). The number of nitrogens with zero attached hydrogens (tertiary/aromatic N) is 1. The smallest absolute Gasteiger partial charge is 0.264 e. The van der Waals surface area contributed by atoms with Gasteiger partial charge in [0.15, 0.2) is 0 Å². The molecule has 0 aromatic heterocycles. The monoisotopic (exact) mass is 318 g/mol. The molecule has 2 aromatic carbocycles. The first-order valence-electron chi connectivity index (χ1n) is 6.75. The second-order valence-corrected chi connectivity index (χ2v) is 6.71. The maximum Gasteiger partial charge on any atom is 0.264 e. The Hall–Kier alpha value is -2.34. The van der Waals surface area contributed by atoms with E-state index in [0.717, 1.165) is 9.87 Å². The molecule has 0 fully saturated rings. The molecule has 0 aliphatic rings. The van der Waals surface area contributed by atoms with Crippen LogP contribution in [0, 0.1) is 6.92 Å². The van der Waals surface area contributed by atoms with Crippen LogP contribution in [0.5, 0.6) is 0 Å². The zero-order chi connectivity index (χ0) is 16.2. The average Bonchev–Trinajstić information content (AvgIpc) is 2.48. The Labute approximate surface area is 129 Å². The fourth-order valence-corrected chi connectivity index (χ4v) is 3.48. The molecule has 0 aliphatic carbocycles. The highest BCUT2D eigenvalue weighted by molar-refractivity contribution is 7.92. The molecule has 0 bridgehead atoms. The summed E-state index contributed by atoms with van der Waals surface area (Å²) in [5, 5.41) is 10.7. The van der Waals surface area contributed by atoms with Crippen LogP contribution in [0.15, 0.2) is 59.5 Å². The Kier molecular flexibility index (Phi) is 4.82. The van der Waals surface area contributed by atoms with Gasteiger partial charge in [0.05, 0.1) is 10.6 Å². The topological polar surface area (TPSA) is 77.5 Å². The van der Waals surface area contributed by atoms with E-state index in [1.54, 1.807) is 42.5 Å². The van der Waals surface area contributed by atoms with Gasteiger partial charge in [-0.1, -0.05) is 35.9 Å². The van der Waals surface area contributed by atoms with Crippen molar-refractivity contribution in [2.75, 3.05) is 10.8 Å². The minimum absolute atomic E-state index is 0.125. The largest absolute Gasteiger partial charge is 0.550 e. The predicted molar refractivity (Wildman–Crippen MR) is 81.8 cm³/mol. The van der Waals surface area contributed by atoms with Gasteiger partial charge in [-0.2, -0.15) is 0 Å². The summed E-state index contributed by atoms with van der Waals surface area (Å²) in [5.74, 6) is -1.29. The van der Waals surface area contributed by atoms with Gasteiger partial charge in [0, 0.05) is 18.9 Å². The lowest BCUT2D eigenvalue weighted by Gasteiger charge is -2.24. The number of carboxylic acid groups (broad SMARTS) is 1. The first kappa shape index (κ1) is 16.0. The molecule has 6 heteroatoms. The number of para-hydroxylation sites is 1. The average molecular weight is 318 g/mol. The molecule has 0 unspecified atom stereocenters. The third kappa shape index (κ3) is 3.65. The lowest BCUT2D eigenvalue weighted by Crippen LogP contribution is -2.35. The van der Waals surface area contributed by atoms with E-state index < -0.39 is 16.0 Å². The van der Waals surface area contributed by atoms with Crippen molar-refractivity contribution < 1.29 is 18.3 Å². The van der Waals surface area contributed by atoms with Crippen LogP contribution in [0.4, 0.5) is 5.69 Å². The highest BCUT2D eigenvalue weighted by Crippen LogP contribution is 2.23. The third-order valence-electron chi connectivity index (χ3n) is 3.17. The zero-order valence-corrected chi connectivity index (χ0v) is 12.9. The minimum Gasteiger partial charge on any atom is -0.550 e. The Balaban J connectivity index is 2.43. The van der Waals surface area contributed by atoms with Gasteiger partial charge >= 0.3 is 0 Å². The summed E-state index contributed by atoms with van der Waals surface area (Å²) in [6.07, 6.45) is -0.375. The number of hydrogen-bond donors (Lipinski definition) is 0. The zero-order valence-electron chi connectivity index (χ0n) is 12.1. The predicted octanol–water partition coefficient (Wildman–Crippen LogP) is 1.33. The molecule has 2 aromatic rings. The molecule has 22 heavy (non-hydrogen) atoms. The van der Waals surface area contributed by atoms with Crippen molar-refractivity contribution in [3.63, 3.8) is 0 Å². The second-order valence-electron chi connectivity index (χ2n) is 4.85. The quantitative estimate of drug-likeness (QED) is 0.805. The Morgan fingerprint density at radius 3 is 2.18 bits per heavy atom. The van der Waals surface area contributed by atoms with Crippen molar-refractivity contribution in [3.8, 4) is 0 Å². The number of aliphatic carboxylic acids is 1. The van der Waals surface area contributed by atoms with Gasteiger partial charge in [-0.25, -0.2) is 8.42 Å². The Morgan fingerprint density at radius 2 is 1.64 bits per heavy atom. The summed E-state index contributed by atoms with van der Waals surface area (Å²) < 4.78 is 26.6.